The quantitative estimate of drug-likeness (QED) is 0.772. The molecule has 15 heavy (non-hydrogen) atoms. The number of aromatic nitrogens is 2. The second-order valence-electron chi connectivity index (χ2n) is 4.30. The van der Waals surface area contributed by atoms with Gasteiger partial charge in [0, 0.05) is 19.1 Å². The van der Waals surface area contributed by atoms with Crippen LogP contribution in [0.3, 0.4) is 0 Å². The zero-order valence-corrected chi connectivity index (χ0v) is 9.40. The van der Waals surface area contributed by atoms with Crippen LogP contribution in [0.2, 0.25) is 0 Å². The third-order valence-corrected chi connectivity index (χ3v) is 2.97. The van der Waals surface area contributed by atoms with E-state index in [1.54, 1.807) is 0 Å². The lowest BCUT2D eigenvalue weighted by atomic mass is 9.89. The summed E-state index contributed by atoms with van der Waals surface area (Å²) in [7, 11) is 0. The Morgan fingerprint density at radius 3 is 2.93 bits per heavy atom. The maximum absolute atomic E-state index is 9.16. The van der Waals surface area contributed by atoms with E-state index in [-0.39, 0.29) is 6.10 Å². The molecule has 2 N–H and O–H groups in total. The van der Waals surface area contributed by atoms with Crippen molar-refractivity contribution in [1.29, 1.82) is 0 Å². The van der Waals surface area contributed by atoms with Crippen molar-refractivity contribution in [3.63, 3.8) is 0 Å². The van der Waals surface area contributed by atoms with Crippen LogP contribution in [0.4, 0.5) is 0 Å². The standard InChI is InChI=1S/C11H19N3O/c1-3-14-10(4-8(2)13-14)7-12-9-5-11(15)6-9/h4,9,11-12,15H,3,5-7H2,1-2H3. The molecule has 1 aliphatic rings. The minimum Gasteiger partial charge on any atom is -0.393 e. The van der Waals surface area contributed by atoms with Crippen molar-refractivity contribution in [2.24, 2.45) is 0 Å². The average Bonchev–Trinajstić information content (AvgIpc) is 2.52. The van der Waals surface area contributed by atoms with Crippen molar-refractivity contribution in [3.05, 3.63) is 17.5 Å². The van der Waals surface area contributed by atoms with Crippen molar-refractivity contribution in [1.82, 2.24) is 15.1 Å². The molecule has 1 saturated carbocycles. The van der Waals surface area contributed by atoms with E-state index in [1.807, 2.05) is 11.6 Å². The minimum absolute atomic E-state index is 0.0830. The van der Waals surface area contributed by atoms with Gasteiger partial charge >= 0.3 is 0 Å². The Morgan fingerprint density at radius 1 is 1.60 bits per heavy atom. The number of aliphatic hydroxyl groups excluding tert-OH is 1. The first-order valence-corrected chi connectivity index (χ1v) is 5.63. The van der Waals surface area contributed by atoms with Crippen LogP contribution in [-0.2, 0) is 13.1 Å². The van der Waals surface area contributed by atoms with E-state index in [0.29, 0.717) is 6.04 Å². The number of hydrogen-bond donors (Lipinski definition) is 2. The fourth-order valence-corrected chi connectivity index (χ4v) is 2.02. The van der Waals surface area contributed by atoms with E-state index in [0.717, 1.165) is 31.6 Å². The molecule has 0 spiro atoms. The van der Waals surface area contributed by atoms with Crippen LogP contribution in [0.1, 0.15) is 31.2 Å². The zero-order valence-electron chi connectivity index (χ0n) is 9.40. The van der Waals surface area contributed by atoms with Gasteiger partial charge in [-0.3, -0.25) is 4.68 Å². The summed E-state index contributed by atoms with van der Waals surface area (Å²) in [6, 6.07) is 2.60. The summed E-state index contributed by atoms with van der Waals surface area (Å²) in [4.78, 5) is 0. The van der Waals surface area contributed by atoms with E-state index in [1.165, 1.54) is 5.69 Å². The average molecular weight is 209 g/mol. The van der Waals surface area contributed by atoms with Gasteiger partial charge in [0.05, 0.1) is 17.5 Å². The Labute approximate surface area is 90.3 Å². The van der Waals surface area contributed by atoms with Crippen LogP contribution in [0.15, 0.2) is 6.07 Å². The van der Waals surface area contributed by atoms with Crippen molar-refractivity contribution >= 4 is 0 Å². The first-order valence-electron chi connectivity index (χ1n) is 5.63. The predicted octanol–water partition coefficient (Wildman–Crippen LogP) is 0.824. The van der Waals surface area contributed by atoms with E-state index >= 15 is 0 Å². The SMILES string of the molecule is CCn1nc(C)cc1CNC1CC(O)C1. The Morgan fingerprint density at radius 2 is 2.33 bits per heavy atom. The first-order chi connectivity index (χ1) is 7.19. The van der Waals surface area contributed by atoms with Gasteiger partial charge in [0.1, 0.15) is 0 Å². The number of aliphatic hydroxyl groups is 1. The maximum atomic E-state index is 9.16. The lowest BCUT2D eigenvalue weighted by Gasteiger charge is -2.32. The van der Waals surface area contributed by atoms with Crippen LogP contribution in [0.25, 0.3) is 0 Å². The van der Waals surface area contributed by atoms with Crippen molar-refractivity contribution in [3.8, 4) is 0 Å². The number of rotatable bonds is 4. The molecule has 1 aromatic rings. The Balaban J connectivity index is 1.87. The molecule has 4 nitrogen and oxygen atoms in total. The molecular weight excluding hydrogens is 190 g/mol. The van der Waals surface area contributed by atoms with Gasteiger partial charge in [-0.1, -0.05) is 0 Å². The van der Waals surface area contributed by atoms with E-state index in [4.69, 9.17) is 5.11 Å². The van der Waals surface area contributed by atoms with Gasteiger partial charge in [-0.05, 0) is 32.8 Å². The monoisotopic (exact) mass is 209 g/mol. The van der Waals surface area contributed by atoms with Crippen LogP contribution < -0.4 is 5.32 Å². The van der Waals surface area contributed by atoms with Gasteiger partial charge in [-0.25, -0.2) is 0 Å². The molecule has 1 aliphatic carbocycles. The molecule has 0 amide bonds. The van der Waals surface area contributed by atoms with Crippen LogP contribution in [-0.4, -0.2) is 27.0 Å². The molecule has 0 bridgehead atoms. The lowest BCUT2D eigenvalue weighted by Crippen LogP contribution is -2.43. The number of nitrogens with one attached hydrogen (secondary N) is 1. The Bertz CT molecular complexity index is 329. The van der Waals surface area contributed by atoms with Gasteiger partial charge in [0.15, 0.2) is 0 Å². The van der Waals surface area contributed by atoms with Gasteiger partial charge in [0.25, 0.3) is 0 Å². The van der Waals surface area contributed by atoms with Crippen LogP contribution in [0.5, 0.6) is 0 Å². The molecule has 84 valence electrons. The fraction of sp³-hybridized carbons (Fsp3) is 0.727. The Kier molecular flexibility index (Phi) is 3.07. The molecule has 0 aromatic carbocycles. The lowest BCUT2D eigenvalue weighted by molar-refractivity contribution is 0.0616. The summed E-state index contributed by atoms with van der Waals surface area (Å²) >= 11 is 0. The van der Waals surface area contributed by atoms with E-state index < -0.39 is 0 Å². The van der Waals surface area contributed by atoms with Gasteiger partial charge < -0.3 is 10.4 Å². The highest BCUT2D eigenvalue weighted by atomic mass is 16.3. The van der Waals surface area contributed by atoms with Crippen LogP contribution >= 0.6 is 0 Å². The number of nitrogens with zero attached hydrogens (tertiary/aromatic N) is 2. The molecule has 1 fully saturated rings. The van der Waals surface area contributed by atoms with Crippen molar-refractivity contribution in [2.45, 2.75) is 51.9 Å². The minimum atomic E-state index is -0.0830. The molecule has 0 aliphatic heterocycles. The summed E-state index contributed by atoms with van der Waals surface area (Å²) in [5.41, 5.74) is 2.30. The summed E-state index contributed by atoms with van der Waals surface area (Å²) < 4.78 is 2.03. The molecule has 1 heterocycles. The molecule has 0 unspecified atom stereocenters. The molecule has 1 aromatic heterocycles. The summed E-state index contributed by atoms with van der Waals surface area (Å²) in [6.45, 7) is 5.88. The van der Waals surface area contributed by atoms with Crippen LogP contribution in [0, 0.1) is 6.92 Å². The normalized spacial score (nSPS) is 25.3. The first kappa shape index (κ1) is 10.6. The van der Waals surface area contributed by atoms with E-state index in [9.17, 15) is 0 Å². The maximum Gasteiger partial charge on any atom is 0.0597 e. The fourth-order valence-electron chi connectivity index (χ4n) is 2.02. The van der Waals surface area contributed by atoms with Gasteiger partial charge in [0.2, 0.25) is 0 Å². The molecule has 4 heteroatoms. The number of hydrogen-bond acceptors (Lipinski definition) is 3. The largest absolute Gasteiger partial charge is 0.393 e. The van der Waals surface area contributed by atoms with E-state index in [2.05, 4.69) is 23.4 Å². The third kappa shape index (κ3) is 2.38. The summed E-state index contributed by atoms with van der Waals surface area (Å²) in [5, 5.41) is 17.0. The number of aryl methyl sites for hydroxylation is 2. The molecule has 2 rings (SSSR count). The third-order valence-electron chi connectivity index (χ3n) is 2.97. The molecular formula is C11H19N3O. The molecule has 0 saturated heterocycles. The van der Waals surface area contributed by atoms with Gasteiger partial charge in [-0.2, -0.15) is 5.10 Å². The smallest absolute Gasteiger partial charge is 0.0597 e. The van der Waals surface area contributed by atoms with Gasteiger partial charge in [-0.15, -0.1) is 0 Å². The highest BCUT2D eigenvalue weighted by Crippen LogP contribution is 2.19. The zero-order chi connectivity index (χ0) is 10.8. The second kappa shape index (κ2) is 4.33. The summed E-state index contributed by atoms with van der Waals surface area (Å²) in [6.07, 6.45) is 1.69. The van der Waals surface area contributed by atoms with Crippen molar-refractivity contribution in [2.75, 3.05) is 0 Å². The topological polar surface area (TPSA) is 50.1 Å². The second-order valence-corrected chi connectivity index (χ2v) is 4.30. The Hall–Kier alpha value is -0.870. The molecule has 0 atom stereocenters. The summed E-state index contributed by atoms with van der Waals surface area (Å²) in [5.74, 6) is 0. The molecule has 0 radical (unpaired) electrons. The van der Waals surface area contributed by atoms with Crippen molar-refractivity contribution < 1.29 is 5.11 Å². The predicted molar refractivity (Wildman–Crippen MR) is 58.5 cm³/mol. The highest BCUT2D eigenvalue weighted by Gasteiger charge is 2.26. The highest BCUT2D eigenvalue weighted by molar-refractivity contribution is 5.09.